The zero-order valence-corrected chi connectivity index (χ0v) is 15.7. The summed E-state index contributed by atoms with van der Waals surface area (Å²) in [4.78, 5) is 20.6. The van der Waals surface area contributed by atoms with Crippen molar-refractivity contribution >= 4 is 11.4 Å². The van der Waals surface area contributed by atoms with Crippen LogP contribution in [0.2, 0.25) is 0 Å². The molecule has 0 spiro atoms. The number of pyridine rings is 1. The molecule has 0 unspecified atom stereocenters. The van der Waals surface area contributed by atoms with Gasteiger partial charge in [-0.3, -0.25) is 15.0 Å². The molecule has 3 heterocycles. The predicted molar refractivity (Wildman–Crippen MR) is 104 cm³/mol. The average molecular weight is 379 g/mol. The first kappa shape index (κ1) is 18.1. The summed E-state index contributed by atoms with van der Waals surface area (Å²) < 4.78 is 5.52. The van der Waals surface area contributed by atoms with Gasteiger partial charge in [0.2, 0.25) is 0 Å². The number of ether oxygens (including phenoxy) is 1. The summed E-state index contributed by atoms with van der Waals surface area (Å²) >= 11 is 0. The molecule has 0 saturated heterocycles. The van der Waals surface area contributed by atoms with E-state index in [1.165, 1.54) is 7.11 Å². The van der Waals surface area contributed by atoms with Crippen molar-refractivity contribution in [2.75, 3.05) is 30.9 Å². The van der Waals surface area contributed by atoms with Gasteiger partial charge in [-0.25, -0.2) is 9.97 Å². The van der Waals surface area contributed by atoms with Crippen molar-refractivity contribution in [1.82, 2.24) is 15.0 Å². The fourth-order valence-corrected chi connectivity index (χ4v) is 3.29. The smallest absolute Gasteiger partial charge is 0.178 e. The molecule has 0 bridgehead atoms. The van der Waals surface area contributed by atoms with Crippen LogP contribution in [0.5, 0.6) is 5.75 Å². The van der Waals surface area contributed by atoms with Gasteiger partial charge in [0, 0.05) is 43.5 Å². The van der Waals surface area contributed by atoms with Crippen molar-refractivity contribution < 1.29 is 14.8 Å². The zero-order valence-electron chi connectivity index (χ0n) is 15.7. The van der Waals surface area contributed by atoms with Crippen LogP contribution in [0.1, 0.15) is 11.3 Å². The lowest BCUT2D eigenvalue weighted by Crippen LogP contribution is -2.31. The van der Waals surface area contributed by atoms with Crippen LogP contribution < -0.4 is 14.9 Å². The molecule has 28 heavy (non-hydrogen) atoms. The lowest BCUT2D eigenvalue weighted by Gasteiger charge is -2.31. The summed E-state index contributed by atoms with van der Waals surface area (Å²) in [6.45, 7) is 1.48. The van der Waals surface area contributed by atoms with Crippen LogP contribution in [0, 0.1) is 0 Å². The van der Waals surface area contributed by atoms with Gasteiger partial charge in [0.05, 0.1) is 31.3 Å². The Morgan fingerprint density at radius 1 is 1.14 bits per heavy atom. The third kappa shape index (κ3) is 3.47. The van der Waals surface area contributed by atoms with Gasteiger partial charge in [-0.1, -0.05) is 6.07 Å². The highest BCUT2D eigenvalue weighted by atomic mass is 16.9. The van der Waals surface area contributed by atoms with Crippen LogP contribution in [0.3, 0.4) is 0 Å². The number of hydrogen-bond donors (Lipinski definition) is 1. The molecule has 0 aliphatic carbocycles. The van der Waals surface area contributed by atoms with Gasteiger partial charge in [-0.2, -0.15) is 0 Å². The summed E-state index contributed by atoms with van der Waals surface area (Å²) in [5.74, 6) is 1.31. The van der Waals surface area contributed by atoms with E-state index in [9.17, 15) is 5.21 Å². The highest BCUT2D eigenvalue weighted by Gasteiger charge is 2.22. The minimum atomic E-state index is 0.490. The van der Waals surface area contributed by atoms with Gasteiger partial charge >= 0.3 is 0 Å². The minimum Gasteiger partial charge on any atom is -0.495 e. The Kier molecular flexibility index (Phi) is 5.05. The fraction of sp³-hybridized carbons (Fsp3) is 0.250. The molecule has 1 N–H and O–H groups in total. The monoisotopic (exact) mass is 379 g/mol. The number of benzene rings is 1. The molecule has 2 aromatic heterocycles. The van der Waals surface area contributed by atoms with E-state index in [2.05, 4.69) is 14.9 Å². The highest BCUT2D eigenvalue weighted by molar-refractivity contribution is 5.65. The molecule has 3 aromatic rings. The Labute approximate surface area is 162 Å². The van der Waals surface area contributed by atoms with E-state index < -0.39 is 0 Å². The second-order valence-corrected chi connectivity index (χ2v) is 6.36. The number of fused-ring (bicyclic) bond motifs is 1. The lowest BCUT2D eigenvalue weighted by atomic mass is 10.1. The Bertz CT molecular complexity index is 967. The van der Waals surface area contributed by atoms with Crippen LogP contribution >= 0.6 is 0 Å². The molecular formula is C20H21N5O3. The normalized spacial score (nSPS) is 13.2. The quantitative estimate of drug-likeness (QED) is 0.678. The van der Waals surface area contributed by atoms with Crippen LogP contribution in [-0.2, 0) is 17.8 Å². The molecule has 0 saturated carbocycles. The first-order valence-corrected chi connectivity index (χ1v) is 8.92. The highest BCUT2D eigenvalue weighted by Crippen LogP contribution is 2.35. The minimum absolute atomic E-state index is 0.490. The molecule has 144 valence electrons. The number of nitrogens with zero attached hydrogens (tertiary/aromatic N) is 5. The van der Waals surface area contributed by atoms with E-state index in [-0.39, 0.29) is 0 Å². The third-order valence-electron chi connectivity index (χ3n) is 4.73. The van der Waals surface area contributed by atoms with Crippen molar-refractivity contribution in [3.05, 3.63) is 60.0 Å². The van der Waals surface area contributed by atoms with Crippen molar-refractivity contribution in [3.8, 4) is 17.3 Å². The van der Waals surface area contributed by atoms with E-state index >= 15 is 0 Å². The van der Waals surface area contributed by atoms with Crippen LogP contribution in [-0.4, -0.2) is 40.9 Å². The van der Waals surface area contributed by atoms with Gasteiger partial charge in [-0.15, -0.1) is 5.23 Å². The van der Waals surface area contributed by atoms with Gasteiger partial charge in [-0.05, 0) is 24.3 Å². The SMILES string of the molecule is COc1cc(N(O)OC)ccc1N1CCc2nc(-c3ccccn3)ncc2C1. The largest absolute Gasteiger partial charge is 0.495 e. The van der Waals surface area contributed by atoms with E-state index in [1.807, 2.05) is 30.5 Å². The standard InChI is InChI=1S/C20H21N5O3/c1-27-19-11-15(25(26)28-2)6-7-18(19)24-10-8-16-14(13-24)12-22-20(23-16)17-5-3-4-9-21-17/h3-7,9,11-12,26H,8,10,13H2,1-2H3. The van der Waals surface area contributed by atoms with Crippen molar-refractivity contribution in [1.29, 1.82) is 0 Å². The average Bonchev–Trinajstić information content (AvgIpc) is 2.78. The molecule has 1 aromatic carbocycles. The number of aromatic nitrogens is 3. The summed E-state index contributed by atoms with van der Waals surface area (Å²) in [7, 11) is 3.00. The molecule has 8 heteroatoms. The molecule has 0 radical (unpaired) electrons. The first-order valence-electron chi connectivity index (χ1n) is 8.92. The zero-order chi connectivity index (χ0) is 19.5. The molecular weight excluding hydrogens is 358 g/mol. The number of anilines is 2. The molecule has 8 nitrogen and oxygen atoms in total. The number of hydrogen-bond acceptors (Lipinski definition) is 8. The maximum absolute atomic E-state index is 9.72. The van der Waals surface area contributed by atoms with E-state index in [4.69, 9.17) is 14.6 Å². The Balaban J connectivity index is 1.59. The van der Waals surface area contributed by atoms with Crippen LogP contribution in [0.15, 0.2) is 48.8 Å². The summed E-state index contributed by atoms with van der Waals surface area (Å²) in [6, 6.07) is 11.1. The van der Waals surface area contributed by atoms with Crippen molar-refractivity contribution in [2.24, 2.45) is 0 Å². The fourth-order valence-electron chi connectivity index (χ4n) is 3.29. The van der Waals surface area contributed by atoms with Gasteiger partial charge in [0.15, 0.2) is 5.82 Å². The molecule has 0 atom stereocenters. The topological polar surface area (TPSA) is 83.8 Å². The molecule has 1 aliphatic rings. The van der Waals surface area contributed by atoms with Crippen molar-refractivity contribution in [3.63, 3.8) is 0 Å². The summed E-state index contributed by atoms with van der Waals surface area (Å²) in [5.41, 5.74) is 4.33. The summed E-state index contributed by atoms with van der Waals surface area (Å²) in [6.07, 6.45) is 4.42. The van der Waals surface area contributed by atoms with Gasteiger partial charge in [0.25, 0.3) is 0 Å². The molecule has 4 rings (SSSR count). The van der Waals surface area contributed by atoms with E-state index in [1.54, 1.807) is 25.4 Å². The van der Waals surface area contributed by atoms with Gasteiger partial charge < -0.3 is 9.64 Å². The van der Waals surface area contributed by atoms with Crippen LogP contribution in [0.25, 0.3) is 11.5 Å². The van der Waals surface area contributed by atoms with E-state index in [0.717, 1.165) is 35.6 Å². The summed E-state index contributed by atoms with van der Waals surface area (Å²) in [5, 5.41) is 10.4. The predicted octanol–water partition coefficient (Wildman–Crippen LogP) is 2.87. The number of methoxy groups -OCH3 is 1. The first-order chi connectivity index (χ1) is 13.7. The Morgan fingerprint density at radius 3 is 2.79 bits per heavy atom. The molecule has 0 amide bonds. The maximum atomic E-state index is 9.72. The Morgan fingerprint density at radius 2 is 2.04 bits per heavy atom. The van der Waals surface area contributed by atoms with Crippen LogP contribution in [0.4, 0.5) is 11.4 Å². The van der Waals surface area contributed by atoms with E-state index in [0.29, 0.717) is 29.0 Å². The third-order valence-corrected chi connectivity index (χ3v) is 4.73. The number of rotatable bonds is 5. The molecule has 1 aliphatic heterocycles. The lowest BCUT2D eigenvalue weighted by molar-refractivity contribution is -0.0110. The van der Waals surface area contributed by atoms with Gasteiger partial charge in [0.1, 0.15) is 11.4 Å². The second kappa shape index (κ2) is 7.79. The second-order valence-electron chi connectivity index (χ2n) is 6.36. The molecule has 0 fully saturated rings. The maximum Gasteiger partial charge on any atom is 0.178 e. The van der Waals surface area contributed by atoms with Crippen molar-refractivity contribution in [2.45, 2.75) is 13.0 Å². The Hall–Kier alpha value is -3.23.